The second-order valence-electron chi connectivity index (χ2n) is 6.58. The van der Waals surface area contributed by atoms with Gasteiger partial charge in [0.2, 0.25) is 0 Å². The topological polar surface area (TPSA) is 98.3 Å². The number of aliphatic hydroxyl groups is 1. The van der Waals surface area contributed by atoms with Crippen LogP contribution in [-0.4, -0.2) is 34.8 Å². The van der Waals surface area contributed by atoms with E-state index in [2.05, 4.69) is 9.97 Å². The van der Waals surface area contributed by atoms with Crippen molar-refractivity contribution in [1.82, 2.24) is 9.97 Å². The fourth-order valence-electron chi connectivity index (χ4n) is 3.48. The van der Waals surface area contributed by atoms with Gasteiger partial charge in [-0.2, -0.15) is 0 Å². The summed E-state index contributed by atoms with van der Waals surface area (Å²) in [5.41, 5.74) is 7.10. The summed E-state index contributed by atoms with van der Waals surface area (Å²) in [6.07, 6.45) is 5.29. The quantitative estimate of drug-likeness (QED) is 0.815. The molecule has 0 saturated heterocycles. The van der Waals surface area contributed by atoms with Crippen LogP contribution >= 0.6 is 0 Å². The van der Waals surface area contributed by atoms with Gasteiger partial charge in [0.25, 0.3) is 0 Å². The Bertz CT molecular complexity index is 805. The molecule has 26 heavy (non-hydrogen) atoms. The number of ether oxygens (including phenoxy) is 1. The van der Waals surface area contributed by atoms with Crippen molar-refractivity contribution >= 4 is 11.8 Å². The van der Waals surface area contributed by atoms with Gasteiger partial charge in [0, 0.05) is 18.1 Å². The maximum Gasteiger partial charge on any atom is 0.341 e. The number of aromatic nitrogens is 2. The molecule has 6 nitrogen and oxygen atoms in total. The molecule has 0 unspecified atom stereocenters. The summed E-state index contributed by atoms with van der Waals surface area (Å²) < 4.78 is 18.9. The van der Waals surface area contributed by atoms with Crippen molar-refractivity contribution in [2.45, 2.75) is 31.6 Å². The van der Waals surface area contributed by atoms with Gasteiger partial charge >= 0.3 is 5.97 Å². The van der Waals surface area contributed by atoms with E-state index >= 15 is 0 Å². The van der Waals surface area contributed by atoms with Crippen LogP contribution in [0.4, 0.5) is 10.2 Å². The molecular formula is C19H22FN3O3. The molecule has 0 bridgehead atoms. The molecule has 3 N–H and O–H groups in total. The van der Waals surface area contributed by atoms with Gasteiger partial charge < -0.3 is 15.6 Å². The third-order valence-corrected chi connectivity index (χ3v) is 5.00. The molecule has 2 aromatic rings. The highest BCUT2D eigenvalue weighted by atomic mass is 19.1. The summed E-state index contributed by atoms with van der Waals surface area (Å²) in [4.78, 5) is 20.8. The Morgan fingerprint density at radius 2 is 2.08 bits per heavy atom. The molecular weight excluding hydrogens is 337 g/mol. The van der Waals surface area contributed by atoms with E-state index in [4.69, 9.17) is 10.5 Å². The van der Waals surface area contributed by atoms with Crippen LogP contribution in [0, 0.1) is 11.7 Å². The smallest absolute Gasteiger partial charge is 0.341 e. The van der Waals surface area contributed by atoms with Crippen molar-refractivity contribution in [2.75, 3.05) is 19.5 Å². The van der Waals surface area contributed by atoms with Crippen molar-refractivity contribution in [3.05, 3.63) is 41.5 Å². The highest BCUT2D eigenvalue weighted by Crippen LogP contribution is 2.36. The number of nitrogen functional groups attached to an aromatic ring is 1. The minimum atomic E-state index is -0.784. The molecule has 0 aliphatic heterocycles. The maximum absolute atomic E-state index is 14.2. The summed E-state index contributed by atoms with van der Waals surface area (Å²) in [6, 6.07) is 4.28. The van der Waals surface area contributed by atoms with E-state index in [9.17, 15) is 14.3 Å². The molecule has 1 saturated carbocycles. The molecule has 1 aromatic carbocycles. The summed E-state index contributed by atoms with van der Waals surface area (Å²) in [7, 11) is 1.20. The molecule has 0 atom stereocenters. The zero-order valence-electron chi connectivity index (χ0n) is 14.6. The van der Waals surface area contributed by atoms with Crippen molar-refractivity contribution in [3.8, 4) is 11.3 Å². The molecule has 1 aliphatic rings. The van der Waals surface area contributed by atoms with Gasteiger partial charge in [0.05, 0.1) is 19.0 Å². The van der Waals surface area contributed by atoms with Gasteiger partial charge in [-0.1, -0.05) is 12.1 Å². The molecule has 1 heterocycles. The number of rotatable bonds is 4. The van der Waals surface area contributed by atoms with Crippen LogP contribution in [0.5, 0.6) is 0 Å². The number of halogens is 1. The van der Waals surface area contributed by atoms with E-state index in [1.54, 1.807) is 12.3 Å². The monoisotopic (exact) mass is 359 g/mol. The number of benzene rings is 1. The third-order valence-electron chi connectivity index (χ3n) is 5.00. The van der Waals surface area contributed by atoms with Gasteiger partial charge in [-0.3, -0.25) is 0 Å². The first kappa shape index (κ1) is 18.3. The summed E-state index contributed by atoms with van der Waals surface area (Å²) in [6.45, 7) is 0.206. The zero-order valence-corrected chi connectivity index (χ0v) is 14.6. The standard InChI is InChI=1S/C19H22FN3O3/c1-26-19(25)16-13(3-2-4-14(16)20)17-18(21)22-9-15(23-17)12-7-5-11(10-24)6-8-12/h2-4,9,11-12,24H,5-8,10H2,1H3,(H2,21,22). The number of esters is 1. The van der Waals surface area contributed by atoms with Crippen molar-refractivity contribution in [2.24, 2.45) is 5.92 Å². The van der Waals surface area contributed by atoms with Gasteiger partial charge in [-0.15, -0.1) is 0 Å². The highest BCUT2D eigenvalue weighted by molar-refractivity contribution is 5.98. The number of nitrogens with two attached hydrogens (primary N) is 1. The molecule has 1 aromatic heterocycles. The Labute approximate surface area is 151 Å². The summed E-state index contributed by atoms with van der Waals surface area (Å²) in [5, 5.41) is 9.29. The summed E-state index contributed by atoms with van der Waals surface area (Å²) in [5.74, 6) is -0.799. The number of anilines is 1. The van der Waals surface area contributed by atoms with Crippen LogP contribution in [-0.2, 0) is 4.74 Å². The second-order valence-corrected chi connectivity index (χ2v) is 6.58. The van der Waals surface area contributed by atoms with Gasteiger partial charge in [-0.25, -0.2) is 19.2 Å². The van der Waals surface area contributed by atoms with Crippen LogP contribution < -0.4 is 5.73 Å². The Kier molecular flexibility index (Phi) is 5.46. The fraction of sp³-hybridized carbons (Fsp3) is 0.421. The molecule has 3 rings (SSSR count). The lowest BCUT2D eigenvalue weighted by atomic mass is 9.81. The molecule has 7 heteroatoms. The fourth-order valence-corrected chi connectivity index (χ4v) is 3.48. The minimum absolute atomic E-state index is 0.133. The average Bonchev–Trinajstić information content (AvgIpc) is 2.67. The average molecular weight is 359 g/mol. The minimum Gasteiger partial charge on any atom is -0.465 e. The Morgan fingerprint density at radius 3 is 2.73 bits per heavy atom. The van der Waals surface area contributed by atoms with E-state index in [0.29, 0.717) is 5.92 Å². The van der Waals surface area contributed by atoms with Crippen LogP contribution in [0.2, 0.25) is 0 Å². The van der Waals surface area contributed by atoms with E-state index in [0.717, 1.165) is 31.4 Å². The molecule has 1 fully saturated rings. The van der Waals surface area contributed by atoms with Gasteiger partial charge in [0.1, 0.15) is 22.9 Å². The Morgan fingerprint density at radius 1 is 1.35 bits per heavy atom. The Balaban J connectivity index is 2.00. The predicted molar refractivity (Wildman–Crippen MR) is 95.0 cm³/mol. The van der Waals surface area contributed by atoms with E-state index in [1.165, 1.54) is 19.2 Å². The van der Waals surface area contributed by atoms with Crippen LogP contribution in [0.3, 0.4) is 0 Å². The van der Waals surface area contributed by atoms with Gasteiger partial charge in [0.15, 0.2) is 0 Å². The molecule has 138 valence electrons. The lowest BCUT2D eigenvalue weighted by molar-refractivity contribution is 0.0596. The molecule has 0 spiro atoms. The van der Waals surface area contributed by atoms with E-state index in [1.807, 2.05) is 0 Å². The van der Waals surface area contributed by atoms with Crippen molar-refractivity contribution in [1.29, 1.82) is 0 Å². The van der Waals surface area contributed by atoms with Crippen molar-refractivity contribution in [3.63, 3.8) is 0 Å². The number of aliphatic hydroxyl groups excluding tert-OH is 1. The first-order valence-electron chi connectivity index (χ1n) is 8.65. The SMILES string of the molecule is COC(=O)c1c(F)cccc1-c1nc(C2CCC(CO)CC2)cnc1N. The number of methoxy groups -OCH3 is 1. The van der Waals surface area contributed by atoms with E-state index in [-0.39, 0.29) is 35.2 Å². The lowest BCUT2D eigenvalue weighted by Gasteiger charge is -2.27. The number of hydrogen-bond acceptors (Lipinski definition) is 6. The highest BCUT2D eigenvalue weighted by Gasteiger charge is 2.26. The summed E-state index contributed by atoms with van der Waals surface area (Å²) >= 11 is 0. The van der Waals surface area contributed by atoms with Crippen LogP contribution in [0.1, 0.15) is 47.7 Å². The molecule has 1 aliphatic carbocycles. The third kappa shape index (κ3) is 3.53. The number of nitrogens with zero attached hydrogens (tertiary/aromatic N) is 2. The normalized spacial score (nSPS) is 20.0. The van der Waals surface area contributed by atoms with E-state index < -0.39 is 11.8 Å². The second kappa shape index (κ2) is 7.78. The van der Waals surface area contributed by atoms with Crippen molar-refractivity contribution < 1.29 is 19.0 Å². The molecule has 0 radical (unpaired) electrons. The first-order chi connectivity index (χ1) is 12.5. The first-order valence-corrected chi connectivity index (χ1v) is 8.65. The predicted octanol–water partition coefficient (Wildman–Crippen LogP) is 2.92. The van der Waals surface area contributed by atoms with Crippen LogP contribution in [0.15, 0.2) is 24.4 Å². The lowest BCUT2D eigenvalue weighted by Crippen LogP contribution is -2.17. The maximum atomic E-state index is 14.2. The van der Waals surface area contributed by atoms with Gasteiger partial charge in [-0.05, 0) is 37.7 Å². The number of hydrogen-bond donors (Lipinski definition) is 2. The number of carbonyl (C=O) groups is 1. The zero-order chi connectivity index (χ0) is 18.7. The largest absolute Gasteiger partial charge is 0.465 e. The van der Waals surface area contributed by atoms with Crippen LogP contribution in [0.25, 0.3) is 11.3 Å². The Hall–Kier alpha value is -2.54. The molecule has 0 amide bonds. The number of carbonyl (C=O) groups excluding carboxylic acids is 1.